The van der Waals surface area contributed by atoms with Crippen LogP contribution >= 0.6 is 11.6 Å². The number of nitrogens with one attached hydrogen (secondary N) is 1. The Morgan fingerprint density at radius 3 is 2.89 bits per heavy atom. The van der Waals surface area contributed by atoms with Crippen molar-refractivity contribution in [3.05, 3.63) is 23.1 Å². The van der Waals surface area contributed by atoms with E-state index in [0.717, 1.165) is 13.1 Å². The molecule has 0 unspecified atom stereocenters. The molecule has 0 atom stereocenters. The molecule has 1 aromatic rings. The lowest BCUT2D eigenvalue weighted by Gasteiger charge is -2.25. The second-order valence-electron chi connectivity index (χ2n) is 4.27. The van der Waals surface area contributed by atoms with Crippen LogP contribution in [0.5, 0.6) is 0 Å². The van der Waals surface area contributed by atoms with Crippen molar-refractivity contribution in [3.63, 3.8) is 0 Å². The monoisotopic (exact) mass is 269 g/mol. The predicted molar refractivity (Wildman–Crippen MR) is 69.7 cm³/mol. The Morgan fingerprint density at radius 1 is 1.44 bits per heavy atom. The highest BCUT2D eigenvalue weighted by atomic mass is 35.5. The summed E-state index contributed by atoms with van der Waals surface area (Å²) in [6.07, 6.45) is 5.03. The molecule has 2 rings (SSSR count). The third-order valence-corrected chi connectivity index (χ3v) is 2.99. The Bertz CT molecular complexity index is 425. The predicted octanol–water partition coefficient (Wildman–Crippen LogP) is 1.87. The van der Waals surface area contributed by atoms with E-state index in [4.69, 9.17) is 16.0 Å². The summed E-state index contributed by atoms with van der Waals surface area (Å²) in [5.41, 5.74) is 2.47. The lowest BCUT2D eigenvalue weighted by atomic mass is 10.1. The highest BCUT2D eigenvalue weighted by molar-refractivity contribution is 6.28. The molecule has 0 aliphatic carbocycles. The first-order valence-electron chi connectivity index (χ1n) is 6.03. The number of hydrazone groups is 1. The summed E-state index contributed by atoms with van der Waals surface area (Å²) in [6.45, 7) is 2.38. The van der Waals surface area contributed by atoms with Crippen LogP contribution in [0.2, 0.25) is 5.22 Å². The molecule has 2 heterocycles. The Hall–Kier alpha value is -1.33. The summed E-state index contributed by atoms with van der Waals surface area (Å²) in [6, 6.07) is 3.31. The Labute approximate surface area is 111 Å². The van der Waals surface area contributed by atoms with Gasteiger partial charge in [0, 0.05) is 0 Å². The van der Waals surface area contributed by atoms with E-state index in [2.05, 4.69) is 15.4 Å². The van der Waals surface area contributed by atoms with E-state index >= 15 is 0 Å². The average molecular weight is 270 g/mol. The van der Waals surface area contributed by atoms with Crippen molar-refractivity contribution in [3.8, 4) is 0 Å². The molecule has 1 aliphatic rings. The zero-order valence-electron chi connectivity index (χ0n) is 10.1. The maximum Gasteiger partial charge on any atom is 0.254 e. The number of hydrogen-bond acceptors (Lipinski definition) is 4. The number of carbonyl (C=O) groups is 1. The molecule has 0 spiro atoms. The van der Waals surface area contributed by atoms with E-state index < -0.39 is 0 Å². The van der Waals surface area contributed by atoms with Crippen molar-refractivity contribution in [1.29, 1.82) is 0 Å². The number of furan rings is 1. The topological polar surface area (TPSA) is 57.8 Å². The third-order valence-electron chi connectivity index (χ3n) is 2.79. The number of likely N-dealkylation sites (tertiary alicyclic amines) is 1. The summed E-state index contributed by atoms with van der Waals surface area (Å²) < 4.78 is 5.07. The van der Waals surface area contributed by atoms with Crippen LogP contribution in [-0.2, 0) is 4.79 Å². The molecule has 1 aromatic heterocycles. The SMILES string of the molecule is O=C(CN1CCCCC1)N/N=C/c1ccc(Cl)o1. The standard InChI is InChI=1S/C12H16ClN3O2/c13-11-5-4-10(18-11)8-14-15-12(17)9-16-6-2-1-3-7-16/h4-5,8H,1-3,6-7,9H2,(H,15,17)/b14-8+. The minimum Gasteiger partial charge on any atom is -0.444 e. The van der Waals surface area contributed by atoms with Crippen LogP contribution in [0.1, 0.15) is 25.0 Å². The van der Waals surface area contributed by atoms with Crippen LogP contribution in [0, 0.1) is 0 Å². The molecular formula is C12H16ClN3O2. The highest BCUT2D eigenvalue weighted by Crippen LogP contribution is 2.11. The van der Waals surface area contributed by atoms with Gasteiger partial charge in [-0.15, -0.1) is 0 Å². The first-order chi connectivity index (χ1) is 8.74. The second kappa shape index (κ2) is 6.56. The van der Waals surface area contributed by atoms with Gasteiger partial charge in [-0.05, 0) is 49.7 Å². The van der Waals surface area contributed by atoms with Crippen molar-refractivity contribution in [1.82, 2.24) is 10.3 Å². The minimum absolute atomic E-state index is 0.106. The molecule has 0 radical (unpaired) electrons. The molecule has 18 heavy (non-hydrogen) atoms. The van der Waals surface area contributed by atoms with Gasteiger partial charge in [-0.3, -0.25) is 9.69 Å². The van der Waals surface area contributed by atoms with Gasteiger partial charge in [-0.1, -0.05) is 6.42 Å². The summed E-state index contributed by atoms with van der Waals surface area (Å²) in [7, 11) is 0. The zero-order chi connectivity index (χ0) is 12.8. The van der Waals surface area contributed by atoms with Gasteiger partial charge in [0.05, 0.1) is 12.8 Å². The highest BCUT2D eigenvalue weighted by Gasteiger charge is 2.13. The maximum atomic E-state index is 11.6. The quantitative estimate of drug-likeness (QED) is 0.671. The van der Waals surface area contributed by atoms with E-state index in [-0.39, 0.29) is 5.91 Å². The van der Waals surface area contributed by atoms with Crippen LogP contribution in [0.4, 0.5) is 0 Å². The Morgan fingerprint density at radius 2 is 2.22 bits per heavy atom. The lowest BCUT2D eigenvalue weighted by molar-refractivity contribution is -0.122. The largest absolute Gasteiger partial charge is 0.444 e. The van der Waals surface area contributed by atoms with E-state index in [1.54, 1.807) is 12.1 Å². The molecule has 0 bridgehead atoms. The first kappa shape index (κ1) is 13.1. The zero-order valence-corrected chi connectivity index (χ0v) is 10.8. The molecule has 0 aromatic carbocycles. The molecule has 5 nitrogen and oxygen atoms in total. The summed E-state index contributed by atoms with van der Waals surface area (Å²) in [5, 5.41) is 4.12. The lowest BCUT2D eigenvalue weighted by Crippen LogP contribution is -2.38. The molecule has 6 heteroatoms. The van der Waals surface area contributed by atoms with Crippen LogP contribution in [0.15, 0.2) is 21.7 Å². The van der Waals surface area contributed by atoms with Gasteiger partial charge in [0.2, 0.25) is 0 Å². The fourth-order valence-corrected chi connectivity index (χ4v) is 2.07. The Kier molecular flexibility index (Phi) is 4.78. The fraction of sp³-hybridized carbons (Fsp3) is 0.500. The molecule has 1 saturated heterocycles. The average Bonchev–Trinajstić information content (AvgIpc) is 2.76. The third kappa shape index (κ3) is 4.16. The smallest absolute Gasteiger partial charge is 0.254 e. The minimum atomic E-state index is -0.106. The van der Waals surface area contributed by atoms with Crippen molar-refractivity contribution in [2.75, 3.05) is 19.6 Å². The Balaban J connectivity index is 1.72. The van der Waals surface area contributed by atoms with Gasteiger partial charge in [0.25, 0.3) is 5.91 Å². The van der Waals surface area contributed by atoms with Crippen molar-refractivity contribution in [2.45, 2.75) is 19.3 Å². The van der Waals surface area contributed by atoms with E-state index in [9.17, 15) is 4.79 Å². The molecule has 98 valence electrons. The number of rotatable bonds is 4. The van der Waals surface area contributed by atoms with Gasteiger partial charge < -0.3 is 4.42 Å². The number of amides is 1. The number of piperidine rings is 1. The molecular weight excluding hydrogens is 254 g/mol. The van der Waals surface area contributed by atoms with Crippen LogP contribution in [0.3, 0.4) is 0 Å². The van der Waals surface area contributed by atoms with E-state index in [0.29, 0.717) is 17.5 Å². The van der Waals surface area contributed by atoms with Crippen molar-refractivity contribution in [2.24, 2.45) is 5.10 Å². The molecule has 0 saturated carbocycles. The number of nitrogens with zero attached hydrogens (tertiary/aromatic N) is 2. The van der Waals surface area contributed by atoms with E-state index in [1.807, 2.05) is 0 Å². The van der Waals surface area contributed by atoms with Gasteiger partial charge in [-0.2, -0.15) is 5.10 Å². The number of carbonyl (C=O) groups excluding carboxylic acids is 1. The summed E-state index contributed by atoms with van der Waals surface area (Å²) in [5.74, 6) is 0.407. The van der Waals surface area contributed by atoms with Gasteiger partial charge in [0.15, 0.2) is 5.22 Å². The van der Waals surface area contributed by atoms with Gasteiger partial charge in [0.1, 0.15) is 5.76 Å². The first-order valence-corrected chi connectivity index (χ1v) is 6.41. The van der Waals surface area contributed by atoms with Crippen molar-refractivity contribution < 1.29 is 9.21 Å². The maximum absolute atomic E-state index is 11.6. The van der Waals surface area contributed by atoms with Crippen LogP contribution in [-0.4, -0.2) is 36.7 Å². The van der Waals surface area contributed by atoms with Crippen LogP contribution in [0.25, 0.3) is 0 Å². The molecule has 1 amide bonds. The van der Waals surface area contributed by atoms with Gasteiger partial charge in [-0.25, -0.2) is 5.43 Å². The van der Waals surface area contributed by atoms with Gasteiger partial charge >= 0.3 is 0 Å². The normalized spacial score (nSPS) is 17.2. The molecule has 1 fully saturated rings. The molecule has 1 aliphatic heterocycles. The summed E-state index contributed by atoms with van der Waals surface area (Å²) in [4.78, 5) is 13.7. The second-order valence-corrected chi connectivity index (χ2v) is 4.64. The fourth-order valence-electron chi connectivity index (χ4n) is 1.92. The molecule has 1 N–H and O–H groups in total. The van der Waals surface area contributed by atoms with Crippen molar-refractivity contribution >= 4 is 23.7 Å². The number of halogens is 1. The van der Waals surface area contributed by atoms with Crippen LogP contribution < -0.4 is 5.43 Å². The van der Waals surface area contributed by atoms with E-state index in [1.165, 1.54) is 25.5 Å². The summed E-state index contributed by atoms with van der Waals surface area (Å²) >= 11 is 5.61. The number of hydrogen-bond donors (Lipinski definition) is 1.